The van der Waals surface area contributed by atoms with Crippen LogP contribution in [-0.2, 0) is 21.2 Å². The van der Waals surface area contributed by atoms with Gasteiger partial charge in [0, 0.05) is 35.6 Å². The summed E-state index contributed by atoms with van der Waals surface area (Å²) in [5.74, 6) is -0.186. The Morgan fingerprint density at radius 3 is 2.11 bits per heavy atom. The van der Waals surface area contributed by atoms with E-state index in [4.69, 9.17) is 4.74 Å². The van der Waals surface area contributed by atoms with Crippen LogP contribution in [0, 0.1) is 0 Å². The van der Waals surface area contributed by atoms with Gasteiger partial charge in [-0.25, -0.2) is 13.1 Å². The average molecular weight is 511 g/mol. The van der Waals surface area contributed by atoms with E-state index in [0.717, 1.165) is 5.56 Å². The molecule has 1 unspecified atom stereocenters. The lowest BCUT2D eigenvalue weighted by atomic mass is 10.0. The van der Waals surface area contributed by atoms with E-state index in [1.807, 2.05) is 12.1 Å². The fourth-order valence-electron chi connectivity index (χ4n) is 3.36. The third-order valence-corrected chi connectivity index (χ3v) is 6.81. The summed E-state index contributed by atoms with van der Waals surface area (Å²) in [5, 5.41) is 5.54. The Balaban J connectivity index is 1.78. The highest BCUT2D eigenvalue weighted by Crippen LogP contribution is 2.18. The van der Waals surface area contributed by atoms with E-state index in [-0.39, 0.29) is 11.3 Å². The zero-order valence-electron chi connectivity index (χ0n) is 20.6. The Morgan fingerprint density at radius 2 is 1.56 bits per heavy atom. The first-order valence-corrected chi connectivity index (χ1v) is 12.7. The Labute approximate surface area is 211 Å². The number of aromatic nitrogens is 1. The summed E-state index contributed by atoms with van der Waals surface area (Å²) in [7, 11) is -2.14. The molecule has 0 aliphatic carbocycles. The van der Waals surface area contributed by atoms with Crippen molar-refractivity contribution in [3.63, 3.8) is 0 Å². The molecule has 190 valence electrons. The van der Waals surface area contributed by atoms with Gasteiger partial charge in [-0.05, 0) is 74.9 Å². The van der Waals surface area contributed by atoms with Gasteiger partial charge in [-0.1, -0.05) is 12.1 Å². The number of amides is 2. The first-order chi connectivity index (χ1) is 17.0. The van der Waals surface area contributed by atoms with E-state index in [2.05, 4.69) is 20.3 Å². The van der Waals surface area contributed by atoms with Crippen LogP contribution in [0.3, 0.4) is 0 Å². The minimum atomic E-state index is -3.71. The molecule has 1 aromatic heterocycles. The number of nitrogens with zero attached hydrogens (tertiary/aromatic N) is 1. The molecule has 1 heterocycles. The quantitative estimate of drug-likeness (QED) is 0.406. The van der Waals surface area contributed by atoms with Gasteiger partial charge in [-0.15, -0.1) is 0 Å². The van der Waals surface area contributed by atoms with Gasteiger partial charge in [0.05, 0.1) is 12.0 Å². The van der Waals surface area contributed by atoms with Crippen molar-refractivity contribution in [1.29, 1.82) is 0 Å². The van der Waals surface area contributed by atoms with Crippen LogP contribution in [0.15, 0.2) is 78.0 Å². The SMILES string of the molecule is COc1ccc(CC(NC(=O)c2ccncc2)C(=O)Nc2ccc(S(=O)(=O)NC(C)(C)C)cc2)cc1. The molecule has 10 heteroatoms. The molecule has 0 aliphatic heterocycles. The van der Waals surface area contributed by atoms with E-state index in [1.165, 1.54) is 36.7 Å². The van der Waals surface area contributed by atoms with Crippen molar-refractivity contribution >= 4 is 27.5 Å². The van der Waals surface area contributed by atoms with Crippen molar-refractivity contribution in [2.45, 2.75) is 43.7 Å². The van der Waals surface area contributed by atoms with Crippen LogP contribution in [0.5, 0.6) is 5.75 Å². The fraction of sp³-hybridized carbons (Fsp3) is 0.269. The molecular weight excluding hydrogens is 480 g/mol. The molecule has 0 saturated heterocycles. The molecule has 2 amide bonds. The molecule has 1 atom stereocenters. The van der Waals surface area contributed by atoms with E-state index < -0.39 is 33.4 Å². The first-order valence-electron chi connectivity index (χ1n) is 11.3. The van der Waals surface area contributed by atoms with Gasteiger partial charge in [-0.3, -0.25) is 14.6 Å². The summed E-state index contributed by atoms with van der Waals surface area (Å²) < 4.78 is 32.8. The Hall–Kier alpha value is -3.76. The molecule has 2 aromatic carbocycles. The summed E-state index contributed by atoms with van der Waals surface area (Å²) in [4.78, 5) is 29.9. The molecular formula is C26H30N4O5S. The molecule has 3 rings (SSSR count). The Morgan fingerprint density at radius 1 is 0.944 bits per heavy atom. The zero-order valence-corrected chi connectivity index (χ0v) is 21.4. The highest BCUT2D eigenvalue weighted by Gasteiger charge is 2.24. The summed E-state index contributed by atoms with van der Waals surface area (Å²) in [6, 6.07) is 15.2. The number of benzene rings is 2. The molecule has 3 aromatic rings. The van der Waals surface area contributed by atoms with Gasteiger partial charge < -0.3 is 15.4 Å². The van der Waals surface area contributed by atoms with Gasteiger partial charge in [0.1, 0.15) is 11.8 Å². The normalized spacial score (nSPS) is 12.4. The van der Waals surface area contributed by atoms with Crippen molar-refractivity contribution < 1.29 is 22.7 Å². The van der Waals surface area contributed by atoms with Gasteiger partial charge in [-0.2, -0.15) is 0 Å². The van der Waals surface area contributed by atoms with Gasteiger partial charge in [0.2, 0.25) is 15.9 Å². The van der Waals surface area contributed by atoms with E-state index in [9.17, 15) is 18.0 Å². The van der Waals surface area contributed by atoms with Crippen LogP contribution in [0.25, 0.3) is 0 Å². The number of methoxy groups -OCH3 is 1. The lowest BCUT2D eigenvalue weighted by Gasteiger charge is -2.21. The third-order valence-electron chi connectivity index (χ3n) is 5.04. The lowest BCUT2D eigenvalue weighted by molar-refractivity contribution is -0.118. The second-order valence-electron chi connectivity index (χ2n) is 9.18. The Bertz CT molecular complexity index is 1290. The minimum Gasteiger partial charge on any atom is -0.497 e. The zero-order chi connectivity index (χ0) is 26.3. The predicted octanol–water partition coefficient (Wildman–Crippen LogP) is 3.15. The number of nitrogens with one attached hydrogen (secondary N) is 3. The van der Waals surface area contributed by atoms with Crippen molar-refractivity contribution in [3.8, 4) is 5.75 Å². The van der Waals surface area contributed by atoms with Gasteiger partial charge in [0.15, 0.2) is 0 Å². The van der Waals surface area contributed by atoms with E-state index in [1.54, 1.807) is 52.1 Å². The standard InChI is InChI=1S/C26H30N4O5S/c1-26(2,3)30-36(33,34)22-11-7-20(8-12-22)28-25(32)23(17-18-5-9-21(35-4)10-6-18)29-24(31)19-13-15-27-16-14-19/h5-16,23,30H,17H2,1-4H3,(H,28,32)(H,29,31). The number of ether oxygens (including phenoxy) is 1. The lowest BCUT2D eigenvalue weighted by Crippen LogP contribution is -2.45. The number of carbonyl (C=O) groups excluding carboxylic acids is 2. The molecule has 36 heavy (non-hydrogen) atoms. The monoisotopic (exact) mass is 510 g/mol. The molecule has 0 bridgehead atoms. The van der Waals surface area contributed by atoms with Crippen molar-refractivity contribution in [1.82, 2.24) is 15.0 Å². The topological polar surface area (TPSA) is 126 Å². The number of carbonyl (C=O) groups is 2. The van der Waals surface area contributed by atoms with E-state index >= 15 is 0 Å². The highest BCUT2D eigenvalue weighted by molar-refractivity contribution is 7.89. The van der Waals surface area contributed by atoms with Crippen LogP contribution < -0.4 is 20.1 Å². The number of hydrogen-bond acceptors (Lipinski definition) is 6. The van der Waals surface area contributed by atoms with Crippen molar-refractivity contribution in [2.24, 2.45) is 0 Å². The smallest absolute Gasteiger partial charge is 0.252 e. The maximum Gasteiger partial charge on any atom is 0.252 e. The summed E-state index contributed by atoms with van der Waals surface area (Å²) >= 11 is 0. The molecule has 0 aliphatic rings. The van der Waals surface area contributed by atoms with Crippen molar-refractivity contribution in [2.75, 3.05) is 12.4 Å². The van der Waals surface area contributed by atoms with Crippen LogP contribution in [0.4, 0.5) is 5.69 Å². The summed E-state index contributed by atoms with van der Waals surface area (Å²) in [6.07, 6.45) is 3.23. The number of sulfonamides is 1. The maximum absolute atomic E-state index is 13.2. The van der Waals surface area contributed by atoms with Crippen LogP contribution in [-0.4, -0.2) is 43.9 Å². The van der Waals surface area contributed by atoms with Crippen LogP contribution in [0.2, 0.25) is 0 Å². The number of rotatable bonds is 9. The van der Waals surface area contributed by atoms with Crippen molar-refractivity contribution in [3.05, 3.63) is 84.2 Å². The van der Waals surface area contributed by atoms with Crippen LogP contribution in [0.1, 0.15) is 36.7 Å². The fourth-order valence-corrected chi connectivity index (χ4v) is 4.78. The largest absolute Gasteiger partial charge is 0.497 e. The Kier molecular flexibility index (Phi) is 8.44. The number of anilines is 1. The second kappa shape index (κ2) is 11.3. The first kappa shape index (κ1) is 26.8. The molecule has 0 spiro atoms. The summed E-state index contributed by atoms with van der Waals surface area (Å²) in [5.41, 5.74) is 0.958. The highest BCUT2D eigenvalue weighted by atomic mass is 32.2. The average Bonchev–Trinajstić information content (AvgIpc) is 2.83. The number of hydrogen-bond donors (Lipinski definition) is 3. The molecule has 0 radical (unpaired) electrons. The van der Waals surface area contributed by atoms with Gasteiger partial charge >= 0.3 is 0 Å². The third kappa shape index (κ3) is 7.62. The second-order valence-corrected chi connectivity index (χ2v) is 10.9. The predicted molar refractivity (Wildman–Crippen MR) is 137 cm³/mol. The molecule has 0 fully saturated rings. The van der Waals surface area contributed by atoms with E-state index in [0.29, 0.717) is 17.0 Å². The molecule has 3 N–H and O–H groups in total. The maximum atomic E-state index is 13.2. The number of pyridine rings is 1. The summed E-state index contributed by atoms with van der Waals surface area (Å²) in [6.45, 7) is 5.26. The molecule has 0 saturated carbocycles. The molecule has 9 nitrogen and oxygen atoms in total. The minimum absolute atomic E-state index is 0.0798. The van der Waals surface area contributed by atoms with Crippen LogP contribution >= 0.6 is 0 Å². The van der Waals surface area contributed by atoms with Gasteiger partial charge in [0.25, 0.3) is 5.91 Å².